The van der Waals surface area contributed by atoms with Crippen molar-refractivity contribution in [1.82, 2.24) is 5.32 Å². The van der Waals surface area contributed by atoms with Crippen LogP contribution in [0.25, 0.3) is 0 Å². The number of carbonyl (C=O) groups excluding carboxylic acids is 1. The predicted octanol–water partition coefficient (Wildman–Crippen LogP) is 1.54. The average Bonchev–Trinajstić information content (AvgIpc) is 2.30. The zero-order valence-electron chi connectivity index (χ0n) is 10.8. The van der Waals surface area contributed by atoms with E-state index in [1.807, 2.05) is 43.9 Å². The molecular weight excluding hydrogens is 214 g/mol. The van der Waals surface area contributed by atoms with Crippen LogP contribution in [0, 0.1) is 6.92 Å². The van der Waals surface area contributed by atoms with Crippen LogP contribution in [0.15, 0.2) is 18.2 Å². The molecule has 0 aliphatic carbocycles. The second-order valence-electron chi connectivity index (χ2n) is 3.98. The molecule has 0 saturated heterocycles. The number of likely N-dealkylation sites (N-methyl/N-ethyl adjacent to an activating group) is 2. The SMILES string of the molecule is CCNC(=O)CN(CC)c1cccc(C)c1N. The molecule has 0 aliphatic rings. The number of aryl methyl sites for hydroxylation is 1. The summed E-state index contributed by atoms with van der Waals surface area (Å²) in [5.74, 6) is 0.0234. The normalized spacial score (nSPS) is 10.1. The third-order valence-electron chi connectivity index (χ3n) is 2.73. The lowest BCUT2D eigenvalue weighted by atomic mass is 10.1. The van der Waals surface area contributed by atoms with Crippen molar-refractivity contribution in [2.75, 3.05) is 30.3 Å². The Balaban J connectivity index is 2.86. The van der Waals surface area contributed by atoms with Crippen molar-refractivity contribution in [3.63, 3.8) is 0 Å². The highest BCUT2D eigenvalue weighted by molar-refractivity contribution is 5.83. The fourth-order valence-corrected chi connectivity index (χ4v) is 1.73. The van der Waals surface area contributed by atoms with Crippen molar-refractivity contribution in [3.05, 3.63) is 23.8 Å². The van der Waals surface area contributed by atoms with Crippen LogP contribution < -0.4 is 16.0 Å². The van der Waals surface area contributed by atoms with Crippen molar-refractivity contribution < 1.29 is 4.79 Å². The van der Waals surface area contributed by atoms with Crippen LogP contribution in [0.1, 0.15) is 19.4 Å². The minimum atomic E-state index is 0.0234. The number of benzene rings is 1. The minimum Gasteiger partial charge on any atom is -0.397 e. The Morgan fingerprint density at radius 1 is 1.41 bits per heavy atom. The average molecular weight is 235 g/mol. The van der Waals surface area contributed by atoms with E-state index in [1.54, 1.807) is 0 Å². The smallest absolute Gasteiger partial charge is 0.239 e. The summed E-state index contributed by atoms with van der Waals surface area (Å²) in [6, 6.07) is 5.88. The molecule has 3 N–H and O–H groups in total. The lowest BCUT2D eigenvalue weighted by molar-refractivity contribution is -0.119. The monoisotopic (exact) mass is 235 g/mol. The van der Waals surface area contributed by atoms with Crippen LogP contribution >= 0.6 is 0 Å². The van der Waals surface area contributed by atoms with E-state index >= 15 is 0 Å². The van der Waals surface area contributed by atoms with Gasteiger partial charge in [0.1, 0.15) is 0 Å². The summed E-state index contributed by atoms with van der Waals surface area (Å²) in [5.41, 5.74) is 8.75. The molecule has 0 aliphatic heterocycles. The van der Waals surface area contributed by atoms with E-state index < -0.39 is 0 Å². The molecule has 1 rings (SSSR count). The first-order valence-electron chi connectivity index (χ1n) is 5.96. The van der Waals surface area contributed by atoms with E-state index in [4.69, 9.17) is 5.73 Å². The third kappa shape index (κ3) is 3.37. The standard InChI is InChI=1S/C13H21N3O/c1-4-15-12(17)9-16(5-2)11-8-6-7-10(3)13(11)14/h6-8H,4-5,9,14H2,1-3H3,(H,15,17). The van der Waals surface area contributed by atoms with Crippen molar-refractivity contribution >= 4 is 17.3 Å². The molecule has 0 fully saturated rings. The first-order valence-corrected chi connectivity index (χ1v) is 5.96. The predicted molar refractivity (Wildman–Crippen MR) is 72.2 cm³/mol. The Hall–Kier alpha value is -1.71. The summed E-state index contributed by atoms with van der Waals surface area (Å²) in [6.45, 7) is 7.65. The molecule has 0 unspecified atom stereocenters. The number of anilines is 2. The van der Waals surface area contributed by atoms with Gasteiger partial charge in [-0.15, -0.1) is 0 Å². The Morgan fingerprint density at radius 3 is 2.71 bits per heavy atom. The van der Waals surface area contributed by atoms with Crippen molar-refractivity contribution in [2.24, 2.45) is 0 Å². The fraction of sp³-hybridized carbons (Fsp3) is 0.462. The summed E-state index contributed by atoms with van der Waals surface area (Å²) in [5, 5.41) is 2.79. The quantitative estimate of drug-likeness (QED) is 0.761. The number of nitrogens with one attached hydrogen (secondary N) is 1. The van der Waals surface area contributed by atoms with Crippen molar-refractivity contribution in [3.8, 4) is 0 Å². The van der Waals surface area contributed by atoms with Gasteiger partial charge in [0, 0.05) is 13.1 Å². The molecule has 4 nitrogen and oxygen atoms in total. The minimum absolute atomic E-state index is 0.0234. The molecule has 0 radical (unpaired) electrons. The third-order valence-corrected chi connectivity index (χ3v) is 2.73. The summed E-state index contributed by atoms with van der Waals surface area (Å²) in [7, 11) is 0. The van der Waals surface area contributed by atoms with Gasteiger partial charge in [-0.2, -0.15) is 0 Å². The van der Waals surface area contributed by atoms with Crippen molar-refractivity contribution in [1.29, 1.82) is 0 Å². The van der Waals surface area contributed by atoms with Crippen LogP contribution in [-0.4, -0.2) is 25.5 Å². The molecule has 0 atom stereocenters. The van der Waals surface area contributed by atoms with E-state index in [-0.39, 0.29) is 5.91 Å². The van der Waals surface area contributed by atoms with E-state index in [2.05, 4.69) is 5.32 Å². The Bertz CT molecular complexity index is 390. The van der Waals surface area contributed by atoms with Gasteiger partial charge >= 0.3 is 0 Å². The second-order valence-corrected chi connectivity index (χ2v) is 3.98. The number of nitrogen functional groups attached to an aromatic ring is 1. The highest BCUT2D eigenvalue weighted by atomic mass is 16.2. The molecule has 1 aromatic carbocycles. The molecule has 94 valence electrons. The second kappa shape index (κ2) is 6.13. The Labute approximate surface area is 103 Å². The van der Waals surface area contributed by atoms with Crippen LogP contribution in [0.3, 0.4) is 0 Å². The number of nitrogens with two attached hydrogens (primary N) is 1. The maximum atomic E-state index is 11.6. The Kier molecular flexibility index (Phi) is 4.82. The number of nitrogens with zero attached hydrogens (tertiary/aromatic N) is 1. The van der Waals surface area contributed by atoms with E-state index in [0.29, 0.717) is 13.1 Å². The van der Waals surface area contributed by atoms with Crippen LogP contribution in [0.2, 0.25) is 0 Å². The van der Waals surface area contributed by atoms with Gasteiger partial charge in [0.2, 0.25) is 5.91 Å². The molecule has 1 aromatic rings. The number of hydrogen-bond donors (Lipinski definition) is 2. The molecule has 0 saturated carbocycles. The molecular formula is C13H21N3O. The Morgan fingerprint density at radius 2 is 2.12 bits per heavy atom. The highest BCUT2D eigenvalue weighted by Gasteiger charge is 2.12. The topological polar surface area (TPSA) is 58.4 Å². The summed E-state index contributed by atoms with van der Waals surface area (Å²) < 4.78 is 0. The molecule has 4 heteroatoms. The summed E-state index contributed by atoms with van der Waals surface area (Å²) in [4.78, 5) is 13.6. The molecule has 17 heavy (non-hydrogen) atoms. The van der Waals surface area contributed by atoms with Gasteiger partial charge in [-0.25, -0.2) is 0 Å². The lowest BCUT2D eigenvalue weighted by Gasteiger charge is -2.24. The van der Waals surface area contributed by atoms with Crippen LogP contribution in [-0.2, 0) is 4.79 Å². The number of amides is 1. The van der Waals surface area contributed by atoms with Gasteiger partial charge in [-0.05, 0) is 32.4 Å². The van der Waals surface area contributed by atoms with E-state index in [0.717, 1.165) is 23.5 Å². The maximum Gasteiger partial charge on any atom is 0.239 e. The fourth-order valence-electron chi connectivity index (χ4n) is 1.73. The largest absolute Gasteiger partial charge is 0.397 e. The van der Waals surface area contributed by atoms with Gasteiger partial charge in [0.15, 0.2) is 0 Å². The zero-order chi connectivity index (χ0) is 12.8. The highest BCUT2D eigenvalue weighted by Crippen LogP contribution is 2.25. The van der Waals surface area contributed by atoms with Gasteiger partial charge in [0.05, 0.1) is 17.9 Å². The van der Waals surface area contributed by atoms with Gasteiger partial charge in [0.25, 0.3) is 0 Å². The van der Waals surface area contributed by atoms with E-state index in [9.17, 15) is 4.79 Å². The lowest BCUT2D eigenvalue weighted by Crippen LogP contribution is -2.37. The molecule has 0 bridgehead atoms. The maximum absolute atomic E-state index is 11.6. The number of para-hydroxylation sites is 1. The molecule has 1 amide bonds. The zero-order valence-corrected chi connectivity index (χ0v) is 10.8. The van der Waals surface area contributed by atoms with Crippen LogP contribution in [0.5, 0.6) is 0 Å². The summed E-state index contributed by atoms with van der Waals surface area (Å²) >= 11 is 0. The van der Waals surface area contributed by atoms with Crippen molar-refractivity contribution in [2.45, 2.75) is 20.8 Å². The van der Waals surface area contributed by atoms with Gasteiger partial charge in [-0.1, -0.05) is 12.1 Å². The number of hydrogen-bond acceptors (Lipinski definition) is 3. The number of rotatable bonds is 5. The first-order chi connectivity index (χ1) is 8.10. The molecule has 0 spiro atoms. The molecule has 0 aromatic heterocycles. The van der Waals surface area contributed by atoms with E-state index in [1.165, 1.54) is 0 Å². The molecule has 0 heterocycles. The van der Waals surface area contributed by atoms with Gasteiger partial charge in [-0.3, -0.25) is 4.79 Å². The summed E-state index contributed by atoms with van der Waals surface area (Å²) in [6.07, 6.45) is 0. The van der Waals surface area contributed by atoms with Crippen LogP contribution in [0.4, 0.5) is 11.4 Å². The first kappa shape index (κ1) is 13.4. The number of carbonyl (C=O) groups is 1. The van der Waals surface area contributed by atoms with Gasteiger partial charge < -0.3 is 16.0 Å².